The Morgan fingerprint density at radius 2 is 2.10 bits per heavy atom. The van der Waals surface area contributed by atoms with Gasteiger partial charge in [-0.1, -0.05) is 28.9 Å². The number of nitrogens with two attached hydrogens (primary N) is 1. The first-order valence-corrected chi connectivity index (χ1v) is 7.46. The molecule has 0 bridgehead atoms. The van der Waals surface area contributed by atoms with Crippen LogP contribution >= 0.6 is 22.9 Å². The third-order valence-electron chi connectivity index (χ3n) is 2.58. The number of nitrogens with one attached hydrogen (secondary N) is 1. The molecule has 1 amide bonds. The summed E-state index contributed by atoms with van der Waals surface area (Å²) in [5.41, 5.74) is 7.42. The Morgan fingerprint density at radius 1 is 1.33 bits per heavy atom. The maximum atomic E-state index is 11.6. The van der Waals surface area contributed by atoms with Crippen LogP contribution in [0.1, 0.15) is 11.1 Å². The molecule has 1 aromatic heterocycles. The maximum absolute atomic E-state index is 11.6. The van der Waals surface area contributed by atoms with Gasteiger partial charge in [0, 0.05) is 22.5 Å². The van der Waals surface area contributed by atoms with Crippen LogP contribution < -0.4 is 11.1 Å². The van der Waals surface area contributed by atoms with Crippen LogP contribution in [0.2, 0.25) is 5.02 Å². The molecular formula is C14H14ClN3O2S. The lowest BCUT2D eigenvalue weighted by Crippen LogP contribution is -2.27. The molecule has 0 aliphatic heterocycles. The highest BCUT2D eigenvalue weighted by molar-refractivity contribution is 7.08. The van der Waals surface area contributed by atoms with Gasteiger partial charge in [0.05, 0.1) is 0 Å². The summed E-state index contributed by atoms with van der Waals surface area (Å²) in [5, 5.41) is 10.8. The summed E-state index contributed by atoms with van der Waals surface area (Å²) in [6.45, 7) is 0.224. The van der Waals surface area contributed by atoms with Crippen molar-refractivity contribution in [1.29, 1.82) is 0 Å². The molecule has 0 unspecified atom stereocenters. The van der Waals surface area contributed by atoms with Crippen LogP contribution in [0.5, 0.6) is 0 Å². The van der Waals surface area contributed by atoms with Crippen molar-refractivity contribution >= 4 is 34.7 Å². The number of hydrogen-bond acceptors (Lipinski definition) is 4. The van der Waals surface area contributed by atoms with Crippen LogP contribution in [-0.4, -0.2) is 18.3 Å². The highest BCUT2D eigenvalue weighted by atomic mass is 35.5. The monoisotopic (exact) mass is 323 g/mol. The van der Waals surface area contributed by atoms with Crippen LogP contribution in [-0.2, 0) is 16.2 Å². The molecule has 0 atom stereocenters. The largest absolute Gasteiger partial charge is 0.384 e. The van der Waals surface area contributed by atoms with E-state index in [2.05, 4.69) is 10.5 Å². The van der Waals surface area contributed by atoms with E-state index in [9.17, 15) is 4.79 Å². The minimum atomic E-state index is -0.271. The Bertz CT molecular complexity index is 612. The Labute approximate surface area is 131 Å². The summed E-state index contributed by atoms with van der Waals surface area (Å²) in [7, 11) is 0. The third-order valence-corrected chi connectivity index (χ3v) is 3.51. The number of nitrogens with zero attached hydrogens (tertiary/aromatic N) is 1. The molecule has 0 saturated carbocycles. The first-order chi connectivity index (χ1) is 10.1. The number of carbonyl (C=O) groups is 1. The summed E-state index contributed by atoms with van der Waals surface area (Å²) in [6.07, 6.45) is 0. The van der Waals surface area contributed by atoms with Gasteiger partial charge < -0.3 is 15.9 Å². The van der Waals surface area contributed by atoms with E-state index >= 15 is 0 Å². The smallest absolute Gasteiger partial charge is 0.261 e. The highest BCUT2D eigenvalue weighted by Gasteiger charge is 2.03. The molecule has 0 aliphatic rings. The lowest BCUT2D eigenvalue weighted by Gasteiger charge is -2.05. The van der Waals surface area contributed by atoms with Crippen molar-refractivity contribution in [1.82, 2.24) is 5.32 Å². The fraction of sp³-hybridized carbons (Fsp3) is 0.143. The summed E-state index contributed by atoms with van der Waals surface area (Å²) >= 11 is 7.29. The van der Waals surface area contributed by atoms with Gasteiger partial charge >= 0.3 is 0 Å². The second-order valence-electron chi connectivity index (χ2n) is 4.17. The molecule has 1 aromatic carbocycles. The Balaban J connectivity index is 1.72. The van der Waals surface area contributed by atoms with Gasteiger partial charge in [-0.3, -0.25) is 4.79 Å². The molecule has 1 heterocycles. The summed E-state index contributed by atoms with van der Waals surface area (Å²) in [4.78, 5) is 16.5. The fourth-order valence-electron chi connectivity index (χ4n) is 1.48. The van der Waals surface area contributed by atoms with E-state index in [1.807, 2.05) is 29.0 Å². The molecule has 5 nitrogen and oxygen atoms in total. The highest BCUT2D eigenvalue weighted by Crippen LogP contribution is 2.09. The molecule has 3 N–H and O–H groups in total. The van der Waals surface area contributed by atoms with Crippen LogP contribution in [0.4, 0.5) is 0 Å². The Kier molecular flexibility index (Phi) is 5.59. The van der Waals surface area contributed by atoms with Crippen LogP contribution in [0.15, 0.2) is 46.2 Å². The summed E-state index contributed by atoms with van der Waals surface area (Å²) in [5.74, 6) is -0.0198. The van der Waals surface area contributed by atoms with Gasteiger partial charge in [-0.05, 0) is 29.1 Å². The van der Waals surface area contributed by atoms with Crippen molar-refractivity contribution in [3.63, 3.8) is 0 Å². The van der Waals surface area contributed by atoms with Crippen LogP contribution in [0.3, 0.4) is 0 Å². The van der Waals surface area contributed by atoms with E-state index in [0.717, 1.165) is 11.1 Å². The number of halogens is 1. The van der Waals surface area contributed by atoms with Gasteiger partial charge in [0.15, 0.2) is 12.4 Å². The molecule has 21 heavy (non-hydrogen) atoms. The standard InChI is InChI=1S/C14H14ClN3O2S/c15-12-3-1-10(2-4-12)7-17-13(19)8-20-18-14(16)11-5-6-21-9-11/h1-6,9H,7-8H2,(H2,16,18)(H,17,19). The predicted molar refractivity (Wildman–Crippen MR) is 84.3 cm³/mol. The number of amides is 1. The fourth-order valence-corrected chi connectivity index (χ4v) is 2.25. The number of amidine groups is 1. The molecule has 0 fully saturated rings. The zero-order valence-corrected chi connectivity index (χ0v) is 12.7. The summed E-state index contributed by atoms with van der Waals surface area (Å²) in [6, 6.07) is 9.05. The summed E-state index contributed by atoms with van der Waals surface area (Å²) < 4.78 is 0. The molecule has 2 aromatic rings. The first kappa shape index (κ1) is 15.3. The minimum Gasteiger partial charge on any atom is -0.384 e. The van der Waals surface area contributed by atoms with E-state index in [0.29, 0.717) is 11.6 Å². The topological polar surface area (TPSA) is 76.7 Å². The lowest BCUT2D eigenvalue weighted by atomic mass is 10.2. The Morgan fingerprint density at radius 3 is 2.76 bits per heavy atom. The first-order valence-electron chi connectivity index (χ1n) is 6.14. The molecule has 0 aliphatic carbocycles. The number of hydrogen-bond donors (Lipinski definition) is 2. The SMILES string of the molecule is N/C(=N/OCC(=O)NCc1ccc(Cl)cc1)c1ccsc1. The normalized spacial score (nSPS) is 11.2. The van der Waals surface area contributed by atoms with Gasteiger partial charge in [-0.15, -0.1) is 0 Å². The zero-order valence-electron chi connectivity index (χ0n) is 11.1. The van der Waals surface area contributed by atoms with Gasteiger partial charge in [-0.25, -0.2) is 0 Å². The number of oxime groups is 1. The predicted octanol–water partition coefficient (Wildman–Crippen LogP) is 2.35. The van der Waals surface area contributed by atoms with Crippen molar-refractivity contribution in [3.05, 3.63) is 57.2 Å². The average molecular weight is 324 g/mol. The molecule has 0 saturated heterocycles. The molecule has 0 radical (unpaired) electrons. The van der Waals surface area contributed by atoms with E-state index in [1.54, 1.807) is 12.1 Å². The van der Waals surface area contributed by atoms with Crippen molar-refractivity contribution in [3.8, 4) is 0 Å². The second-order valence-corrected chi connectivity index (χ2v) is 5.38. The minimum absolute atomic E-state index is 0.182. The van der Waals surface area contributed by atoms with E-state index in [4.69, 9.17) is 22.2 Å². The molecule has 110 valence electrons. The quantitative estimate of drug-likeness (QED) is 0.486. The number of thiophene rings is 1. The van der Waals surface area contributed by atoms with Crippen molar-refractivity contribution in [2.45, 2.75) is 6.54 Å². The van der Waals surface area contributed by atoms with Crippen molar-refractivity contribution < 1.29 is 9.63 Å². The number of benzene rings is 1. The van der Waals surface area contributed by atoms with Crippen LogP contribution in [0, 0.1) is 0 Å². The van der Waals surface area contributed by atoms with Crippen molar-refractivity contribution in [2.24, 2.45) is 10.9 Å². The van der Waals surface area contributed by atoms with Crippen LogP contribution in [0.25, 0.3) is 0 Å². The molecule has 0 spiro atoms. The van der Waals surface area contributed by atoms with Gasteiger partial charge in [0.25, 0.3) is 5.91 Å². The lowest BCUT2D eigenvalue weighted by molar-refractivity contribution is -0.125. The van der Waals surface area contributed by atoms with E-state index in [-0.39, 0.29) is 18.3 Å². The Hall–Kier alpha value is -2.05. The number of carbonyl (C=O) groups excluding carboxylic acids is 1. The van der Waals surface area contributed by atoms with Gasteiger partial charge in [-0.2, -0.15) is 11.3 Å². The third kappa shape index (κ3) is 5.09. The van der Waals surface area contributed by atoms with Gasteiger partial charge in [0.2, 0.25) is 0 Å². The average Bonchev–Trinajstić information content (AvgIpc) is 3.01. The van der Waals surface area contributed by atoms with Crippen molar-refractivity contribution in [2.75, 3.05) is 6.61 Å². The molecule has 2 rings (SSSR count). The zero-order chi connectivity index (χ0) is 15.1. The molecule has 7 heteroatoms. The van der Waals surface area contributed by atoms with Gasteiger partial charge in [0.1, 0.15) is 0 Å². The van der Waals surface area contributed by atoms with E-state index < -0.39 is 0 Å². The van der Waals surface area contributed by atoms with E-state index in [1.165, 1.54) is 11.3 Å². The second kappa shape index (κ2) is 7.66. The number of rotatable bonds is 6. The maximum Gasteiger partial charge on any atom is 0.261 e. The molecular weight excluding hydrogens is 310 g/mol.